The van der Waals surface area contributed by atoms with Crippen molar-refractivity contribution in [3.05, 3.63) is 40.3 Å². The number of H-pyrrole nitrogens is 1. The molecule has 5 rings (SSSR count). The number of aromatic amines is 1. The number of amides is 1. The first-order valence-corrected chi connectivity index (χ1v) is 11.6. The predicted octanol–water partition coefficient (Wildman–Crippen LogP) is 3.43. The summed E-state index contributed by atoms with van der Waals surface area (Å²) in [5.74, 6) is 0.813. The maximum absolute atomic E-state index is 13.3. The molecule has 2 aliphatic heterocycles. The van der Waals surface area contributed by atoms with Crippen LogP contribution in [0, 0.1) is 11.3 Å². The van der Waals surface area contributed by atoms with Crippen LogP contribution in [-0.4, -0.2) is 58.6 Å². The maximum Gasteiger partial charge on any atom is 0.274 e. The molecule has 2 saturated heterocycles. The summed E-state index contributed by atoms with van der Waals surface area (Å²) in [6.07, 6.45) is 10.5. The van der Waals surface area contributed by atoms with E-state index in [1.165, 1.54) is 58.0 Å². The molecule has 1 N–H and O–H groups in total. The van der Waals surface area contributed by atoms with Crippen LogP contribution < -0.4 is 5.56 Å². The van der Waals surface area contributed by atoms with Crippen LogP contribution in [0.2, 0.25) is 0 Å². The van der Waals surface area contributed by atoms with Crippen LogP contribution in [0.3, 0.4) is 0 Å². The molecule has 2 aromatic rings. The van der Waals surface area contributed by atoms with Crippen LogP contribution in [0.15, 0.2) is 29.1 Å². The molecule has 6 heteroatoms. The number of piperidine rings is 1. The summed E-state index contributed by atoms with van der Waals surface area (Å²) in [6.45, 7) is 5.15. The van der Waals surface area contributed by atoms with Crippen LogP contribution in [0.5, 0.6) is 0 Å². The normalized spacial score (nSPS) is 25.9. The molecule has 3 aliphatic rings. The quantitative estimate of drug-likeness (QED) is 0.845. The van der Waals surface area contributed by atoms with E-state index in [1.807, 2.05) is 23.1 Å². The van der Waals surface area contributed by atoms with Gasteiger partial charge >= 0.3 is 0 Å². The van der Waals surface area contributed by atoms with Gasteiger partial charge < -0.3 is 9.80 Å². The van der Waals surface area contributed by atoms with Crippen LogP contribution in [0.4, 0.5) is 0 Å². The van der Waals surface area contributed by atoms with Gasteiger partial charge in [0.2, 0.25) is 0 Å². The zero-order chi connectivity index (χ0) is 20.6. The van der Waals surface area contributed by atoms with Gasteiger partial charge in [0.05, 0.1) is 5.39 Å². The molecule has 0 bridgehead atoms. The van der Waals surface area contributed by atoms with E-state index in [-0.39, 0.29) is 16.9 Å². The molecule has 3 fully saturated rings. The smallest absolute Gasteiger partial charge is 0.274 e. The summed E-state index contributed by atoms with van der Waals surface area (Å²) in [7, 11) is 0. The third kappa shape index (κ3) is 3.78. The zero-order valence-corrected chi connectivity index (χ0v) is 17.7. The monoisotopic (exact) mass is 408 g/mol. The molecule has 1 unspecified atom stereocenters. The Morgan fingerprint density at radius 3 is 2.67 bits per heavy atom. The highest BCUT2D eigenvalue weighted by Gasteiger charge is 2.43. The number of fused-ring (bicyclic) bond motifs is 1. The summed E-state index contributed by atoms with van der Waals surface area (Å²) < 4.78 is 0. The second-order valence-corrected chi connectivity index (χ2v) is 9.77. The standard InChI is InChI=1S/C24H32N4O2/c29-22-20-10-5-4-9-19(20)21(25-26-22)23(30)28-14-12-24(17-28)11-6-13-27(16-24)15-18-7-2-1-3-8-18/h4-5,9-10,18H,1-3,6-8,11-17H2,(H,26,29). The molecule has 1 spiro atoms. The first-order chi connectivity index (χ1) is 14.6. The van der Waals surface area contributed by atoms with E-state index in [2.05, 4.69) is 15.1 Å². The van der Waals surface area contributed by atoms with Crippen molar-refractivity contribution >= 4 is 16.7 Å². The van der Waals surface area contributed by atoms with E-state index < -0.39 is 0 Å². The number of nitrogens with one attached hydrogen (secondary N) is 1. The van der Waals surface area contributed by atoms with Crippen LogP contribution in [0.25, 0.3) is 10.8 Å². The summed E-state index contributed by atoms with van der Waals surface area (Å²) in [5, 5.41) is 7.82. The Balaban J connectivity index is 1.30. The van der Waals surface area contributed by atoms with Gasteiger partial charge in [-0.05, 0) is 50.6 Å². The lowest BCUT2D eigenvalue weighted by molar-refractivity contribution is 0.0627. The summed E-state index contributed by atoms with van der Waals surface area (Å²) in [6, 6.07) is 7.25. The lowest BCUT2D eigenvalue weighted by Gasteiger charge is -2.42. The van der Waals surface area contributed by atoms with Gasteiger partial charge in [-0.15, -0.1) is 0 Å². The van der Waals surface area contributed by atoms with Gasteiger partial charge in [-0.3, -0.25) is 9.59 Å². The highest BCUT2D eigenvalue weighted by Crippen LogP contribution is 2.40. The molecule has 0 radical (unpaired) electrons. The molecule has 1 aliphatic carbocycles. The molecule has 1 atom stereocenters. The number of aromatic nitrogens is 2. The van der Waals surface area contributed by atoms with Gasteiger partial charge in [0, 0.05) is 37.0 Å². The average Bonchev–Trinajstić information content (AvgIpc) is 3.17. The number of carbonyl (C=O) groups excluding carboxylic acids is 1. The fourth-order valence-electron chi connectivity index (χ4n) is 6.07. The van der Waals surface area contributed by atoms with Crippen LogP contribution in [0.1, 0.15) is 61.9 Å². The van der Waals surface area contributed by atoms with Crippen LogP contribution >= 0.6 is 0 Å². The predicted molar refractivity (Wildman–Crippen MR) is 118 cm³/mol. The second-order valence-electron chi connectivity index (χ2n) is 9.77. The Morgan fingerprint density at radius 2 is 1.83 bits per heavy atom. The van der Waals surface area contributed by atoms with E-state index in [0.717, 1.165) is 32.0 Å². The lowest BCUT2D eigenvalue weighted by atomic mass is 9.78. The van der Waals surface area contributed by atoms with E-state index in [9.17, 15) is 9.59 Å². The topological polar surface area (TPSA) is 69.3 Å². The Labute approximate surface area is 177 Å². The van der Waals surface area contributed by atoms with E-state index >= 15 is 0 Å². The molecule has 30 heavy (non-hydrogen) atoms. The maximum atomic E-state index is 13.3. The third-order valence-corrected chi connectivity index (χ3v) is 7.61. The van der Waals surface area contributed by atoms with Gasteiger partial charge in [-0.25, -0.2) is 5.10 Å². The molecule has 1 amide bonds. The van der Waals surface area contributed by atoms with E-state index in [1.54, 1.807) is 6.07 Å². The van der Waals surface area contributed by atoms with Gasteiger partial charge in [-0.2, -0.15) is 5.10 Å². The number of likely N-dealkylation sites (tertiary alicyclic amines) is 2. The summed E-state index contributed by atoms with van der Waals surface area (Å²) in [4.78, 5) is 30.0. The molecule has 1 aromatic heterocycles. The second kappa shape index (κ2) is 8.14. The van der Waals surface area contributed by atoms with Crippen molar-refractivity contribution in [2.45, 2.75) is 51.4 Å². The Kier molecular flexibility index (Phi) is 5.35. The van der Waals surface area contributed by atoms with Crippen LogP contribution in [-0.2, 0) is 0 Å². The van der Waals surface area contributed by atoms with Crippen molar-refractivity contribution in [3.63, 3.8) is 0 Å². The first kappa shape index (κ1) is 19.7. The number of benzene rings is 1. The van der Waals surface area contributed by atoms with Gasteiger partial charge in [0.1, 0.15) is 0 Å². The molecule has 6 nitrogen and oxygen atoms in total. The number of carbonyl (C=O) groups is 1. The molecule has 3 heterocycles. The minimum atomic E-state index is -0.245. The lowest BCUT2D eigenvalue weighted by Crippen LogP contribution is -2.47. The van der Waals surface area contributed by atoms with Gasteiger partial charge in [0.15, 0.2) is 5.69 Å². The van der Waals surface area contributed by atoms with Crippen molar-refractivity contribution in [2.75, 3.05) is 32.7 Å². The SMILES string of the molecule is O=C(c1n[nH]c(=O)c2ccccc12)N1CCC2(CCCN(CC3CCCCC3)C2)C1. The minimum Gasteiger partial charge on any atom is -0.337 e. The summed E-state index contributed by atoms with van der Waals surface area (Å²) in [5.41, 5.74) is 0.350. The van der Waals surface area contributed by atoms with Crippen molar-refractivity contribution in [1.29, 1.82) is 0 Å². The minimum absolute atomic E-state index is 0.0521. The van der Waals surface area contributed by atoms with Crippen molar-refractivity contribution in [3.8, 4) is 0 Å². The van der Waals surface area contributed by atoms with Crippen molar-refractivity contribution in [2.24, 2.45) is 11.3 Å². The highest BCUT2D eigenvalue weighted by molar-refractivity contribution is 6.04. The molecule has 1 aromatic carbocycles. The fraction of sp³-hybridized carbons (Fsp3) is 0.625. The average molecular weight is 409 g/mol. The molecular formula is C24H32N4O2. The summed E-state index contributed by atoms with van der Waals surface area (Å²) >= 11 is 0. The highest BCUT2D eigenvalue weighted by atomic mass is 16.2. The number of rotatable bonds is 3. The third-order valence-electron chi connectivity index (χ3n) is 7.61. The fourth-order valence-corrected chi connectivity index (χ4v) is 6.07. The van der Waals surface area contributed by atoms with Gasteiger partial charge in [0.25, 0.3) is 11.5 Å². The van der Waals surface area contributed by atoms with E-state index in [0.29, 0.717) is 16.5 Å². The Bertz CT molecular complexity index is 981. The first-order valence-electron chi connectivity index (χ1n) is 11.6. The number of hydrogen-bond donors (Lipinski definition) is 1. The number of nitrogens with zero attached hydrogens (tertiary/aromatic N) is 3. The van der Waals surface area contributed by atoms with Gasteiger partial charge in [-0.1, -0.05) is 37.5 Å². The molecule has 1 saturated carbocycles. The zero-order valence-electron chi connectivity index (χ0n) is 17.7. The Morgan fingerprint density at radius 1 is 1.03 bits per heavy atom. The molecule has 160 valence electrons. The van der Waals surface area contributed by atoms with E-state index in [4.69, 9.17) is 0 Å². The number of hydrogen-bond acceptors (Lipinski definition) is 4. The largest absolute Gasteiger partial charge is 0.337 e. The Hall–Kier alpha value is -2.21. The van der Waals surface area contributed by atoms with Crippen molar-refractivity contribution < 1.29 is 4.79 Å². The molecular weight excluding hydrogens is 376 g/mol. The van der Waals surface area contributed by atoms with Crippen molar-refractivity contribution in [1.82, 2.24) is 20.0 Å².